The molecule has 0 saturated heterocycles. The molecule has 130 valence electrons. The van der Waals surface area contributed by atoms with Gasteiger partial charge in [0.05, 0.1) is 12.7 Å². The number of hydrogen-bond acceptors (Lipinski definition) is 3. The van der Waals surface area contributed by atoms with E-state index in [4.69, 9.17) is 9.47 Å². The average Bonchev–Trinajstić information content (AvgIpc) is 2.55. The molecule has 1 N–H and O–H groups in total. The number of benzene rings is 1. The third-order valence-electron chi connectivity index (χ3n) is 3.99. The van der Waals surface area contributed by atoms with Gasteiger partial charge in [0.15, 0.2) is 0 Å². The minimum Gasteiger partial charge on any atom is -0.396 e. The Kier molecular flexibility index (Phi) is 9.85. The van der Waals surface area contributed by atoms with E-state index >= 15 is 0 Å². The van der Waals surface area contributed by atoms with Gasteiger partial charge >= 0.3 is 0 Å². The van der Waals surface area contributed by atoms with Gasteiger partial charge in [-0.05, 0) is 36.3 Å². The van der Waals surface area contributed by atoms with E-state index in [1.54, 1.807) is 0 Å². The highest BCUT2D eigenvalue weighted by Crippen LogP contribution is 2.22. The second kappa shape index (κ2) is 11.4. The van der Waals surface area contributed by atoms with Gasteiger partial charge in [0.25, 0.3) is 0 Å². The molecule has 0 aliphatic rings. The van der Waals surface area contributed by atoms with Crippen molar-refractivity contribution >= 4 is 0 Å². The van der Waals surface area contributed by atoms with E-state index in [9.17, 15) is 5.11 Å². The Labute approximate surface area is 141 Å². The fourth-order valence-electron chi connectivity index (χ4n) is 2.80. The van der Waals surface area contributed by atoms with Crippen molar-refractivity contribution < 1.29 is 14.6 Å². The highest BCUT2D eigenvalue weighted by atomic mass is 16.7. The lowest BCUT2D eigenvalue weighted by atomic mass is 9.92. The smallest absolute Gasteiger partial charge is 0.147 e. The van der Waals surface area contributed by atoms with Crippen molar-refractivity contribution in [3.8, 4) is 0 Å². The van der Waals surface area contributed by atoms with E-state index in [1.165, 1.54) is 5.57 Å². The average molecular weight is 320 g/mol. The fourth-order valence-corrected chi connectivity index (χ4v) is 2.80. The molecule has 0 amide bonds. The molecule has 3 heteroatoms. The molecular weight excluding hydrogens is 288 g/mol. The maximum Gasteiger partial charge on any atom is 0.147 e. The summed E-state index contributed by atoms with van der Waals surface area (Å²) in [7, 11) is 0. The summed E-state index contributed by atoms with van der Waals surface area (Å²) in [6.07, 6.45) is 4.39. The summed E-state index contributed by atoms with van der Waals surface area (Å²) in [5.74, 6) is 0.586. The van der Waals surface area contributed by atoms with Gasteiger partial charge < -0.3 is 14.6 Å². The second-order valence-electron chi connectivity index (χ2n) is 6.38. The molecule has 0 saturated carbocycles. The van der Waals surface area contributed by atoms with Gasteiger partial charge in [0.2, 0.25) is 0 Å². The van der Waals surface area contributed by atoms with Crippen LogP contribution in [0.4, 0.5) is 0 Å². The lowest BCUT2D eigenvalue weighted by molar-refractivity contribution is -0.0991. The monoisotopic (exact) mass is 320 g/mol. The molecule has 1 rings (SSSR count). The minimum absolute atomic E-state index is 0.0414. The Hall–Kier alpha value is -1.16. The van der Waals surface area contributed by atoms with Gasteiger partial charge in [0, 0.05) is 6.61 Å². The highest BCUT2D eigenvalue weighted by molar-refractivity contribution is 5.13. The van der Waals surface area contributed by atoms with Gasteiger partial charge in [-0.3, -0.25) is 0 Å². The van der Waals surface area contributed by atoms with Crippen LogP contribution in [0.15, 0.2) is 42.0 Å². The molecule has 23 heavy (non-hydrogen) atoms. The molecule has 0 aliphatic heterocycles. The first kappa shape index (κ1) is 19.9. The second-order valence-corrected chi connectivity index (χ2v) is 6.38. The van der Waals surface area contributed by atoms with Crippen molar-refractivity contribution in [1.29, 1.82) is 0 Å². The van der Waals surface area contributed by atoms with Crippen LogP contribution in [0, 0.1) is 11.8 Å². The summed E-state index contributed by atoms with van der Waals surface area (Å²) in [4.78, 5) is 0. The maximum absolute atomic E-state index is 9.24. The van der Waals surface area contributed by atoms with Gasteiger partial charge in [-0.25, -0.2) is 0 Å². The minimum atomic E-state index is 0.0414. The summed E-state index contributed by atoms with van der Waals surface area (Å²) in [5.41, 5.74) is 2.33. The number of aliphatic hydroxyl groups excluding tert-OH is 1. The topological polar surface area (TPSA) is 38.7 Å². The third-order valence-corrected chi connectivity index (χ3v) is 3.99. The van der Waals surface area contributed by atoms with E-state index in [0.717, 1.165) is 18.4 Å². The first-order valence-electron chi connectivity index (χ1n) is 8.60. The zero-order valence-electron chi connectivity index (χ0n) is 15.0. The van der Waals surface area contributed by atoms with Crippen molar-refractivity contribution in [3.05, 3.63) is 47.5 Å². The molecule has 0 bridgehead atoms. The van der Waals surface area contributed by atoms with Crippen LogP contribution in [0.2, 0.25) is 0 Å². The summed E-state index contributed by atoms with van der Waals surface area (Å²) in [6.45, 7) is 9.51. The van der Waals surface area contributed by atoms with E-state index in [1.807, 2.05) is 37.3 Å². The van der Waals surface area contributed by atoms with Crippen LogP contribution in [-0.4, -0.2) is 24.6 Å². The summed E-state index contributed by atoms with van der Waals surface area (Å²) >= 11 is 0. The first-order valence-corrected chi connectivity index (χ1v) is 8.60. The molecule has 0 unspecified atom stereocenters. The maximum atomic E-state index is 9.24. The zero-order chi connectivity index (χ0) is 17.1. The summed E-state index contributed by atoms with van der Waals surface area (Å²) < 4.78 is 11.7. The first-order chi connectivity index (χ1) is 11.1. The molecule has 0 aromatic heterocycles. The van der Waals surface area contributed by atoms with Crippen molar-refractivity contribution in [2.24, 2.45) is 11.8 Å². The summed E-state index contributed by atoms with van der Waals surface area (Å²) in [5, 5.41) is 9.24. The van der Waals surface area contributed by atoms with Crippen LogP contribution in [0.1, 0.15) is 46.1 Å². The summed E-state index contributed by atoms with van der Waals surface area (Å²) in [6, 6.07) is 10.1. The van der Waals surface area contributed by atoms with Crippen LogP contribution in [0.25, 0.3) is 0 Å². The molecule has 1 aromatic carbocycles. The lowest BCUT2D eigenvalue weighted by Gasteiger charge is -2.26. The Bertz CT molecular complexity index is 441. The highest BCUT2D eigenvalue weighted by Gasteiger charge is 2.19. The molecule has 0 spiro atoms. The van der Waals surface area contributed by atoms with Gasteiger partial charge in [0.1, 0.15) is 6.79 Å². The Balaban J connectivity index is 2.53. The molecular formula is C20H32O3. The van der Waals surface area contributed by atoms with Crippen molar-refractivity contribution in [1.82, 2.24) is 0 Å². The normalized spacial score (nSPS) is 16.1. The standard InChI is InChI=1S/C20H32O3/c1-5-9-17(3)20(18(4)12-16(2)13-21)23-15-22-14-19-10-7-6-8-11-19/h6-8,10-12,16-17,20-21H,5,9,13-15H2,1-4H3/b18-12-/t16-,17-,20+/m1/s1. The van der Waals surface area contributed by atoms with Gasteiger partial charge in [-0.2, -0.15) is 0 Å². The quantitative estimate of drug-likeness (QED) is 0.369. The van der Waals surface area contributed by atoms with E-state index < -0.39 is 0 Å². The van der Waals surface area contributed by atoms with Crippen molar-refractivity contribution in [2.75, 3.05) is 13.4 Å². The van der Waals surface area contributed by atoms with Crippen LogP contribution in [-0.2, 0) is 16.1 Å². The van der Waals surface area contributed by atoms with E-state index in [2.05, 4.69) is 26.8 Å². The fraction of sp³-hybridized carbons (Fsp3) is 0.600. The van der Waals surface area contributed by atoms with Crippen LogP contribution >= 0.6 is 0 Å². The van der Waals surface area contributed by atoms with Gasteiger partial charge in [-0.15, -0.1) is 0 Å². The predicted molar refractivity (Wildman–Crippen MR) is 95.0 cm³/mol. The van der Waals surface area contributed by atoms with E-state index in [-0.39, 0.29) is 25.4 Å². The number of rotatable bonds is 11. The molecule has 0 fully saturated rings. The molecule has 1 aromatic rings. The Morgan fingerprint density at radius 2 is 1.91 bits per heavy atom. The Morgan fingerprint density at radius 3 is 2.52 bits per heavy atom. The van der Waals surface area contributed by atoms with E-state index in [0.29, 0.717) is 12.5 Å². The molecule has 0 aliphatic carbocycles. The van der Waals surface area contributed by atoms with Crippen molar-refractivity contribution in [2.45, 2.75) is 53.2 Å². The van der Waals surface area contributed by atoms with Crippen LogP contribution in [0.5, 0.6) is 0 Å². The van der Waals surface area contributed by atoms with Crippen LogP contribution < -0.4 is 0 Å². The van der Waals surface area contributed by atoms with Crippen LogP contribution in [0.3, 0.4) is 0 Å². The molecule has 0 heterocycles. The SMILES string of the molecule is CCC[C@@H](C)[C@H](OCOCc1ccccc1)/C(C)=C\[C@@H](C)CO. The molecule has 0 radical (unpaired) electrons. The predicted octanol–water partition coefficient (Wildman–Crippen LogP) is 4.56. The number of aliphatic hydroxyl groups is 1. The lowest BCUT2D eigenvalue weighted by Crippen LogP contribution is -2.25. The largest absolute Gasteiger partial charge is 0.396 e. The zero-order valence-corrected chi connectivity index (χ0v) is 15.0. The van der Waals surface area contributed by atoms with Gasteiger partial charge in [-0.1, -0.05) is 63.6 Å². The van der Waals surface area contributed by atoms with Crippen molar-refractivity contribution in [3.63, 3.8) is 0 Å². The third kappa shape index (κ3) is 7.78. The number of ether oxygens (including phenoxy) is 2. The Morgan fingerprint density at radius 1 is 1.22 bits per heavy atom. The molecule has 3 nitrogen and oxygen atoms in total. The number of hydrogen-bond donors (Lipinski definition) is 1. The molecule has 3 atom stereocenters.